The Labute approximate surface area is 216 Å². The zero-order valence-corrected chi connectivity index (χ0v) is 20.9. The van der Waals surface area contributed by atoms with E-state index in [1.807, 2.05) is 77.2 Å². The molecule has 2 aromatic heterocycles. The van der Waals surface area contributed by atoms with Crippen LogP contribution < -0.4 is 5.32 Å². The number of carboxylic acid groups (broad SMARTS) is 1. The van der Waals surface area contributed by atoms with Gasteiger partial charge in [0.2, 0.25) is 5.78 Å². The number of hydrogen-bond donors (Lipinski definition) is 2. The summed E-state index contributed by atoms with van der Waals surface area (Å²) in [5.74, 6) is 0.600. The number of benzene rings is 3. The van der Waals surface area contributed by atoms with E-state index in [1.165, 1.54) is 0 Å². The molecule has 0 radical (unpaired) electrons. The van der Waals surface area contributed by atoms with E-state index in [2.05, 4.69) is 39.6 Å². The van der Waals surface area contributed by atoms with Gasteiger partial charge < -0.3 is 10.4 Å². The quantitative estimate of drug-likeness (QED) is 0.249. The minimum Gasteiger partial charge on any atom is -0.465 e. The summed E-state index contributed by atoms with van der Waals surface area (Å²) in [6, 6.07) is 28.3. The molecule has 1 amide bonds. The lowest BCUT2D eigenvalue weighted by Gasteiger charge is -2.42. The number of carbonyl (C=O) groups is 1. The number of amides is 1. The monoisotopic (exact) mass is 538 g/mol. The third-order valence-corrected chi connectivity index (χ3v) is 7.71. The van der Waals surface area contributed by atoms with Gasteiger partial charge in [0, 0.05) is 22.9 Å². The second-order valence-electron chi connectivity index (χ2n) is 9.10. The molecule has 1 aliphatic rings. The average molecular weight is 539 g/mol. The van der Waals surface area contributed by atoms with Crippen molar-refractivity contribution in [1.82, 2.24) is 19.7 Å². The van der Waals surface area contributed by atoms with Gasteiger partial charge in [-0.05, 0) is 46.3 Å². The smallest absolute Gasteiger partial charge is 0.405 e. The molecule has 3 aromatic carbocycles. The molecule has 0 atom stereocenters. The summed E-state index contributed by atoms with van der Waals surface area (Å²) in [4.78, 5) is 21.3. The number of rotatable bonds is 5. The van der Waals surface area contributed by atoms with Crippen molar-refractivity contribution in [2.75, 3.05) is 0 Å². The van der Waals surface area contributed by atoms with E-state index in [9.17, 15) is 9.90 Å². The van der Waals surface area contributed by atoms with Crippen LogP contribution in [0.2, 0.25) is 0 Å². The molecule has 7 heteroatoms. The average Bonchev–Trinajstić information content (AvgIpc) is 3.22. The van der Waals surface area contributed by atoms with E-state index >= 15 is 0 Å². The molecule has 6 nitrogen and oxygen atoms in total. The van der Waals surface area contributed by atoms with Crippen molar-refractivity contribution in [3.05, 3.63) is 101 Å². The van der Waals surface area contributed by atoms with Crippen LogP contribution in [0.5, 0.6) is 0 Å². The van der Waals surface area contributed by atoms with E-state index in [4.69, 9.17) is 9.97 Å². The second-order valence-corrected chi connectivity index (χ2v) is 9.85. The normalized spacial score (nSPS) is 14.4. The van der Waals surface area contributed by atoms with Crippen molar-refractivity contribution in [2.24, 2.45) is 0 Å². The van der Waals surface area contributed by atoms with Crippen molar-refractivity contribution in [3.63, 3.8) is 0 Å². The number of nitrogens with one attached hydrogen (secondary N) is 1. The molecule has 1 saturated carbocycles. The molecule has 2 heterocycles. The third-order valence-electron chi connectivity index (χ3n) is 6.96. The van der Waals surface area contributed by atoms with Gasteiger partial charge in [-0.1, -0.05) is 84.9 Å². The molecule has 0 aliphatic heterocycles. The Morgan fingerprint density at radius 1 is 0.833 bits per heavy atom. The van der Waals surface area contributed by atoms with Crippen LogP contribution in [0.4, 0.5) is 4.79 Å². The van der Waals surface area contributed by atoms with Crippen molar-refractivity contribution in [1.29, 1.82) is 0 Å². The molecule has 6 rings (SSSR count). The Hall–Kier alpha value is -3.97. The molecule has 5 aromatic rings. The van der Waals surface area contributed by atoms with Gasteiger partial charge in [-0.25, -0.2) is 14.8 Å². The van der Waals surface area contributed by atoms with Gasteiger partial charge in [0.1, 0.15) is 10.3 Å². The fourth-order valence-corrected chi connectivity index (χ4v) is 5.52. The number of halogens is 1. The lowest BCUT2D eigenvalue weighted by molar-refractivity contribution is 0.144. The Balaban J connectivity index is 1.49. The Morgan fingerprint density at radius 2 is 1.42 bits per heavy atom. The van der Waals surface area contributed by atoms with Crippen LogP contribution in [0.3, 0.4) is 0 Å². The SMILES string of the molecule is O=C(O)NC1(c2ccc(-c3nc4nc(-c5ccccc5)c(Br)n4cc3-c3ccccc3)cc2)CCC1. The number of imidazole rings is 1. The van der Waals surface area contributed by atoms with Crippen molar-refractivity contribution in [3.8, 4) is 33.6 Å². The van der Waals surface area contributed by atoms with Crippen molar-refractivity contribution in [2.45, 2.75) is 24.8 Å². The zero-order valence-electron chi connectivity index (χ0n) is 19.4. The topological polar surface area (TPSA) is 79.5 Å². The van der Waals surface area contributed by atoms with Crippen LogP contribution in [0, 0.1) is 0 Å². The van der Waals surface area contributed by atoms with Crippen LogP contribution in [-0.4, -0.2) is 25.6 Å². The highest BCUT2D eigenvalue weighted by molar-refractivity contribution is 9.10. The standard InChI is InChI=1S/C29H23BrN4O2/c30-26-25(20-10-5-2-6-11-20)32-27-31-24(23(18-34(26)27)19-8-3-1-4-9-19)21-12-14-22(15-13-21)29(16-7-17-29)33-28(35)36/h1-6,8-15,18,33H,7,16-17H2,(H,35,36). The maximum absolute atomic E-state index is 11.4. The first-order valence-corrected chi connectivity index (χ1v) is 12.6. The highest BCUT2D eigenvalue weighted by atomic mass is 79.9. The fraction of sp³-hybridized carbons (Fsp3) is 0.138. The van der Waals surface area contributed by atoms with Crippen LogP contribution >= 0.6 is 15.9 Å². The van der Waals surface area contributed by atoms with Gasteiger partial charge in [-0.3, -0.25) is 4.40 Å². The Kier molecular flexibility index (Phi) is 5.57. The molecule has 0 unspecified atom stereocenters. The van der Waals surface area contributed by atoms with E-state index in [0.29, 0.717) is 5.78 Å². The Morgan fingerprint density at radius 3 is 2.00 bits per heavy atom. The highest BCUT2D eigenvalue weighted by Crippen LogP contribution is 2.42. The summed E-state index contributed by atoms with van der Waals surface area (Å²) in [6.45, 7) is 0. The van der Waals surface area contributed by atoms with Crippen molar-refractivity contribution < 1.29 is 9.90 Å². The minimum atomic E-state index is -0.989. The van der Waals surface area contributed by atoms with Crippen molar-refractivity contribution >= 4 is 27.8 Å². The van der Waals surface area contributed by atoms with Gasteiger partial charge in [0.25, 0.3) is 0 Å². The molecule has 0 spiro atoms. The van der Waals surface area contributed by atoms with Crippen LogP contribution in [0.25, 0.3) is 39.4 Å². The summed E-state index contributed by atoms with van der Waals surface area (Å²) in [7, 11) is 0. The molecule has 1 aliphatic carbocycles. The predicted octanol–water partition coefficient (Wildman–Crippen LogP) is 7.14. The summed E-state index contributed by atoms with van der Waals surface area (Å²) >= 11 is 3.75. The van der Waals surface area contributed by atoms with Crippen LogP contribution in [0.15, 0.2) is 95.7 Å². The number of hydrogen-bond acceptors (Lipinski definition) is 3. The lowest BCUT2D eigenvalue weighted by atomic mass is 9.71. The molecule has 0 bridgehead atoms. The number of aromatic nitrogens is 3. The number of fused-ring (bicyclic) bond motifs is 1. The molecule has 2 N–H and O–H groups in total. The molecule has 0 saturated heterocycles. The van der Waals surface area contributed by atoms with Gasteiger partial charge >= 0.3 is 6.09 Å². The van der Waals surface area contributed by atoms with Crippen LogP contribution in [0.1, 0.15) is 24.8 Å². The van der Waals surface area contributed by atoms with E-state index in [0.717, 1.165) is 63.1 Å². The molecular weight excluding hydrogens is 516 g/mol. The summed E-state index contributed by atoms with van der Waals surface area (Å²) in [5, 5.41) is 12.1. The molecule has 36 heavy (non-hydrogen) atoms. The van der Waals surface area contributed by atoms with Gasteiger partial charge in [-0.2, -0.15) is 0 Å². The predicted molar refractivity (Wildman–Crippen MR) is 144 cm³/mol. The molecule has 1 fully saturated rings. The first kappa shape index (κ1) is 22.5. The fourth-order valence-electron chi connectivity index (χ4n) is 4.94. The van der Waals surface area contributed by atoms with Gasteiger partial charge in [-0.15, -0.1) is 0 Å². The molecule has 178 valence electrons. The van der Waals surface area contributed by atoms with E-state index in [1.54, 1.807) is 0 Å². The summed E-state index contributed by atoms with van der Waals surface area (Å²) < 4.78 is 2.82. The first-order valence-electron chi connectivity index (χ1n) is 11.9. The van der Waals surface area contributed by atoms with Crippen LogP contribution in [-0.2, 0) is 5.54 Å². The highest BCUT2D eigenvalue weighted by Gasteiger charge is 2.40. The molecular formula is C29H23BrN4O2. The van der Waals surface area contributed by atoms with Gasteiger partial charge in [0.15, 0.2) is 0 Å². The zero-order chi connectivity index (χ0) is 24.7. The third kappa shape index (κ3) is 3.85. The minimum absolute atomic E-state index is 0.497. The second kappa shape index (κ2) is 8.91. The maximum atomic E-state index is 11.4. The van der Waals surface area contributed by atoms with Gasteiger partial charge in [0.05, 0.1) is 11.2 Å². The Bertz CT molecular complexity index is 1560. The summed E-state index contributed by atoms with van der Waals surface area (Å²) in [5.41, 5.74) is 6.14. The summed E-state index contributed by atoms with van der Waals surface area (Å²) in [6.07, 6.45) is 3.71. The largest absolute Gasteiger partial charge is 0.465 e. The van der Waals surface area contributed by atoms with E-state index in [-0.39, 0.29) is 0 Å². The maximum Gasteiger partial charge on any atom is 0.405 e. The van der Waals surface area contributed by atoms with E-state index < -0.39 is 11.6 Å². The first-order chi connectivity index (χ1) is 17.5. The number of nitrogens with zero attached hydrogens (tertiary/aromatic N) is 3. The lowest BCUT2D eigenvalue weighted by Crippen LogP contribution is -2.50.